The molecule has 4 N–H and O–H groups in total. The maximum absolute atomic E-state index is 11.6. The number of carbonyl (C=O) groups is 4. The number of unbranched alkanes of at least 4 members (excludes halogenated alkanes) is 3. The van der Waals surface area contributed by atoms with Gasteiger partial charge in [-0.2, -0.15) is 0 Å². The number of nitrogens with one attached hydrogen (secondary N) is 2. The molecule has 0 saturated carbocycles. The Labute approximate surface area is 166 Å². The molecule has 8 nitrogen and oxygen atoms in total. The molecule has 156 valence electrons. The second-order valence-corrected chi connectivity index (χ2v) is 6.08. The number of amides is 3. The summed E-state index contributed by atoms with van der Waals surface area (Å²) in [7, 11) is 0. The van der Waals surface area contributed by atoms with Gasteiger partial charge >= 0.3 is 6.09 Å². The predicted molar refractivity (Wildman–Crippen MR) is 107 cm³/mol. The van der Waals surface area contributed by atoms with Crippen molar-refractivity contribution in [3.63, 3.8) is 0 Å². The first-order valence-electron chi connectivity index (χ1n) is 9.38. The highest BCUT2D eigenvalue weighted by molar-refractivity contribution is 6.37. The zero-order valence-electron chi connectivity index (χ0n) is 16.7. The molecule has 3 amide bonds. The van der Waals surface area contributed by atoms with Gasteiger partial charge in [0.15, 0.2) is 0 Å². The van der Waals surface area contributed by atoms with Crippen LogP contribution in [0.4, 0.5) is 4.79 Å². The van der Waals surface area contributed by atoms with E-state index in [9.17, 15) is 19.2 Å². The van der Waals surface area contributed by atoms with Crippen molar-refractivity contribution in [1.29, 1.82) is 0 Å². The van der Waals surface area contributed by atoms with E-state index < -0.39 is 17.8 Å². The molecule has 1 rings (SSSR count). The fraction of sp³-hybridized carbons (Fsp3) is 0.500. The standard InChI is InChI=1S/C18H26N2O4.C2H5NO/c1-2-3-4-8-13-24-18(23)20-14-16(21)17(22)19-12-11-15-9-6-5-7-10-15;1-2(3)4/h5-7,9-10H,2-4,8,11-14H2,1H3,(H,19,22)(H,20,23);1H3,(H2,3,4). The third-order valence-electron chi connectivity index (χ3n) is 3.42. The minimum atomic E-state index is -0.700. The summed E-state index contributed by atoms with van der Waals surface area (Å²) in [6, 6.07) is 9.65. The normalized spacial score (nSPS) is 9.50. The number of nitrogens with two attached hydrogens (primary N) is 1. The van der Waals surface area contributed by atoms with Crippen molar-refractivity contribution in [2.75, 3.05) is 19.7 Å². The molecule has 0 bridgehead atoms. The second-order valence-electron chi connectivity index (χ2n) is 6.08. The number of Topliss-reactive ketones (excluding diaryl/α,β-unsaturated/α-hetero) is 1. The Morgan fingerprint density at radius 1 is 1.00 bits per heavy atom. The van der Waals surface area contributed by atoms with Crippen LogP contribution in [0.3, 0.4) is 0 Å². The highest BCUT2D eigenvalue weighted by atomic mass is 16.5. The highest BCUT2D eigenvalue weighted by Gasteiger charge is 2.14. The van der Waals surface area contributed by atoms with E-state index in [0.29, 0.717) is 19.6 Å². The molecule has 0 spiro atoms. The minimum Gasteiger partial charge on any atom is -0.450 e. The molecular formula is C20H31N3O5. The molecular weight excluding hydrogens is 362 g/mol. The van der Waals surface area contributed by atoms with Gasteiger partial charge in [0.05, 0.1) is 13.2 Å². The number of ketones is 1. The van der Waals surface area contributed by atoms with E-state index in [-0.39, 0.29) is 12.5 Å². The summed E-state index contributed by atoms with van der Waals surface area (Å²) in [5, 5.41) is 4.83. The Morgan fingerprint density at radius 2 is 1.64 bits per heavy atom. The van der Waals surface area contributed by atoms with Crippen LogP contribution in [0.25, 0.3) is 0 Å². The lowest BCUT2D eigenvalue weighted by molar-refractivity contribution is -0.137. The summed E-state index contributed by atoms with van der Waals surface area (Å²) in [6.45, 7) is 3.74. The molecule has 0 saturated heterocycles. The van der Waals surface area contributed by atoms with Gasteiger partial charge in [0.2, 0.25) is 11.7 Å². The molecule has 0 atom stereocenters. The summed E-state index contributed by atoms with van der Waals surface area (Å²) in [4.78, 5) is 43.9. The van der Waals surface area contributed by atoms with Crippen LogP contribution in [-0.4, -0.2) is 43.4 Å². The molecule has 0 aliphatic carbocycles. The maximum atomic E-state index is 11.6. The largest absolute Gasteiger partial charge is 0.450 e. The smallest absolute Gasteiger partial charge is 0.407 e. The number of hydrogen-bond donors (Lipinski definition) is 3. The van der Waals surface area contributed by atoms with Crippen LogP contribution >= 0.6 is 0 Å². The third kappa shape index (κ3) is 15.4. The van der Waals surface area contributed by atoms with E-state index in [1.807, 2.05) is 30.3 Å². The number of ether oxygens (including phenoxy) is 1. The van der Waals surface area contributed by atoms with Crippen LogP contribution in [0.5, 0.6) is 0 Å². The van der Waals surface area contributed by atoms with E-state index in [1.54, 1.807) is 0 Å². The van der Waals surface area contributed by atoms with Crippen molar-refractivity contribution in [2.45, 2.75) is 46.0 Å². The highest BCUT2D eigenvalue weighted by Crippen LogP contribution is 1.99. The second kappa shape index (κ2) is 16.3. The van der Waals surface area contributed by atoms with E-state index >= 15 is 0 Å². The van der Waals surface area contributed by atoms with Gasteiger partial charge in [-0.3, -0.25) is 14.4 Å². The lowest BCUT2D eigenvalue weighted by atomic mass is 10.1. The van der Waals surface area contributed by atoms with Crippen molar-refractivity contribution >= 4 is 23.7 Å². The van der Waals surface area contributed by atoms with Crippen molar-refractivity contribution in [3.05, 3.63) is 35.9 Å². The average molecular weight is 393 g/mol. The monoisotopic (exact) mass is 393 g/mol. The quantitative estimate of drug-likeness (QED) is 0.389. The number of hydrogen-bond acceptors (Lipinski definition) is 5. The van der Waals surface area contributed by atoms with Gasteiger partial charge in [0.1, 0.15) is 0 Å². The molecule has 1 aromatic carbocycles. The van der Waals surface area contributed by atoms with Crippen molar-refractivity contribution in [2.24, 2.45) is 5.73 Å². The van der Waals surface area contributed by atoms with Crippen LogP contribution in [-0.2, 0) is 25.5 Å². The van der Waals surface area contributed by atoms with Gasteiger partial charge in [-0.25, -0.2) is 4.79 Å². The first-order chi connectivity index (χ1) is 13.4. The van der Waals surface area contributed by atoms with E-state index in [1.165, 1.54) is 6.92 Å². The molecule has 0 radical (unpaired) electrons. The first-order valence-corrected chi connectivity index (χ1v) is 9.38. The predicted octanol–water partition coefficient (Wildman–Crippen LogP) is 1.71. The lowest BCUT2D eigenvalue weighted by Crippen LogP contribution is -2.40. The minimum absolute atomic E-state index is 0.323. The molecule has 8 heteroatoms. The summed E-state index contributed by atoms with van der Waals surface area (Å²) in [5.41, 5.74) is 5.55. The Bertz CT molecular complexity index is 601. The third-order valence-corrected chi connectivity index (χ3v) is 3.42. The van der Waals surface area contributed by atoms with Gasteiger partial charge in [0, 0.05) is 13.5 Å². The number of primary amides is 1. The van der Waals surface area contributed by atoms with E-state index in [2.05, 4.69) is 23.3 Å². The number of benzene rings is 1. The summed E-state index contributed by atoms with van der Waals surface area (Å²) >= 11 is 0. The molecule has 0 aliphatic rings. The maximum Gasteiger partial charge on any atom is 0.407 e. The molecule has 0 aromatic heterocycles. The van der Waals surface area contributed by atoms with Crippen LogP contribution in [0.15, 0.2) is 30.3 Å². The topological polar surface area (TPSA) is 128 Å². The molecule has 0 aliphatic heterocycles. The van der Waals surface area contributed by atoms with Crippen LogP contribution < -0.4 is 16.4 Å². The molecule has 1 aromatic rings. The van der Waals surface area contributed by atoms with Crippen molar-refractivity contribution < 1.29 is 23.9 Å². The Morgan fingerprint density at radius 3 is 2.25 bits per heavy atom. The molecule has 28 heavy (non-hydrogen) atoms. The molecule has 0 unspecified atom stereocenters. The Kier molecular flexibility index (Phi) is 14.6. The fourth-order valence-corrected chi connectivity index (χ4v) is 2.04. The van der Waals surface area contributed by atoms with Crippen LogP contribution in [0, 0.1) is 0 Å². The fourth-order valence-electron chi connectivity index (χ4n) is 2.04. The summed E-state index contributed by atoms with van der Waals surface area (Å²) < 4.78 is 4.92. The Hall–Kier alpha value is -2.90. The lowest BCUT2D eigenvalue weighted by Gasteiger charge is -2.07. The van der Waals surface area contributed by atoms with Gasteiger partial charge in [0.25, 0.3) is 5.91 Å². The zero-order valence-corrected chi connectivity index (χ0v) is 16.7. The SMILES string of the molecule is CC(N)=O.CCCCCCOC(=O)NCC(=O)C(=O)NCCc1ccccc1. The number of carbonyl (C=O) groups excluding carboxylic acids is 4. The van der Waals surface area contributed by atoms with Gasteiger partial charge < -0.3 is 21.1 Å². The number of rotatable bonds is 11. The Balaban J connectivity index is 0.00000165. The zero-order chi connectivity index (χ0) is 21.2. The van der Waals surface area contributed by atoms with Crippen LogP contribution in [0.2, 0.25) is 0 Å². The van der Waals surface area contributed by atoms with Gasteiger partial charge in [-0.15, -0.1) is 0 Å². The molecule has 0 fully saturated rings. The average Bonchev–Trinajstić information content (AvgIpc) is 2.66. The number of alkyl carbamates (subject to hydrolysis) is 1. The summed E-state index contributed by atoms with van der Waals surface area (Å²) in [6.07, 6.45) is 4.00. The van der Waals surface area contributed by atoms with Gasteiger partial charge in [-0.05, 0) is 18.4 Å². The van der Waals surface area contributed by atoms with Crippen molar-refractivity contribution in [1.82, 2.24) is 10.6 Å². The van der Waals surface area contributed by atoms with Gasteiger partial charge in [-0.1, -0.05) is 56.5 Å². The van der Waals surface area contributed by atoms with Crippen molar-refractivity contribution in [3.8, 4) is 0 Å². The molecule has 0 heterocycles. The van der Waals surface area contributed by atoms with E-state index in [0.717, 1.165) is 31.2 Å². The van der Waals surface area contributed by atoms with E-state index in [4.69, 9.17) is 4.74 Å². The van der Waals surface area contributed by atoms with Crippen LogP contribution in [0.1, 0.15) is 45.1 Å². The first kappa shape index (κ1) is 25.1. The summed E-state index contributed by atoms with van der Waals surface area (Å²) in [5.74, 6) is -1.72.